The maximum Gasteiger partial charge on any atom is 0.264 e. The van der Waals surface area contributed by atoms with E-state index in [1.165, 1.54) is 16.7 Å². The molecule has 9 heteroatoms. The van der Waals surface area contributed by atoms with E-state index in [0.717, 1.165) is 25.9 Å². The topological polar surface area (TPSA) is 86.8 Å². The van der Waals surface area contributed by atoms with Gasteiger partial charge in [0, 0.05) is 18.0 Å². The third-order valence-electron chi connectivity index (χ3n) is 6.59. The quantitative estimate of drug-likeness (QED) is 0.306. The molecule has 1 unspecified atom stereocenters. The highest BCUT2D eigenvalue weighted by Gasteiger charge is 2.33. The minimum Gasteiger partial charge on any atom is -0.355 e. The number of aryl methyl sites for hydroxylation is 2. The average molecular weight is 568 g/mol. The number of thioether (sulfide) groups is 1. The van der Waals surface area contributed by atoms with Crippen molar-refractivity contribution in [1.29, 1.82) is 0 Å². The molecule has 0 fully saturated rings. The Kier molecular flexibility index (Phi) is 10.6. The van der Waals surface area contributed by atoms with Gasteiger partial charge in [0.1, 0.15) is 12.6 Å². The Morgan fingerprint density at radius 3 is 2.13 bits per heavy atom. The molecule has 0 saturated heterocycles. The van der Waals surface area contributed by atoms with Crippen molar-refractivity contribution < 1.29 is 18.0 Å². The molecule has 2 amide bonds. The number of carbonyl (C=O) groups is 2. The first-order valence-electron chi connectivity index (χ1n) is 13.0. The monoisotopic (exact) mass is 567 g/mol. The molecule has 3 aromatic carbocycles. The molecular formula is C30H37N3O4S2. The summed E-state index contributed by atoms with van der Waals surface area (Å²) in [6.45, 7) is 7.70. The zero-order valence-corrected chi connectivity index (χ0v) is 24.8. The van der Waals surface area contributed by atoms with Crippen molar-refractivity contribution in [1.82, 2.24) is 10.2 Å². The predicted octanol–water partition coefficient (Wildman–Crippen LogP) is 5.16. The lowest BCUT2D eigenvalue weighted by molar-refractivity contribution is -0.140. The SMILES string of the molecule is CCNC(=O)C(CC)N(Cc1ccccc1C)C(=O)CN(c1ccc(C)cc1)S(=O)(=O)c1ccc(SC)cc1. The Hall–Kier alpha value is -3.30. The fraction of sp³-hybridized carbons (Fsp3) is 0.333. The number of nitrogens with zero attached hydrogens (tertiary/aromatic N) is 2. The summed E-state index contributed by atoms with van der Waals surface area (Å²) in [7, 11) is -4.09. The third kappa shape index (κ3) is 7.42. The van der Waals surface area contributed by atoms with E-state index < -0.39 is 28.5 Å². The van der Waals surface area contributed by atoms with Crippen LogP contribution in [-0.2, 0) is 26.2 Å². The third-order valence-corrected chi connectivity index (χ3v) is 9.12. The number of amides is 2. The fourth-order valence-electron chi connectivity index (χ4n) is 4.30. The lowest BCUT2D eigenvalue weighted by Gasteiger charge is -2.33. The molecule has 1 atom stereocenters. The van der Waals surface area contributed by atoms with Gasteiger partial charge < -0.3 is 10.2 Å². The summed E-state index contributed by atoms with van der Waals surface area (Å²) in [5.41, 5.74) is 3.23. The summed E-state index contributed by atoms with van der Waals surface area (Å²) in [6.07, 6.45) is 2.31. The van der Waals surface area contributed by atoms with Crippen molar-refractivity contribution in [2.45, 2.75) is 56.5 Å². The van der Waals surface area contributed by atoms with Gasteiger partial charge in [-0.2, -0.15) is 0 Å². The van der Waals surface area contributed by atoms with Crippen molar-refractivity contribution in [3.63, 3.8) is 0 Å². The van der Waals surface area contributed by atoms with Crippen LogP contribution < -0.4 is 9.62 Å². The van der Waals surface area contributed by atoms with Crippen molar-refractivity contribution in [2.24, 2.45) is 0 Å². The van der Waals surface area contributed by atoms with E-state index in [1.54, 1.807) is 36.4 Å². The Bertz CT molecular complexity index is 1370. The highest BCUT2D eigenvalue weighted by Crippen LogP contribution is 2.27. The predicted molar refractivity (Wildman–Crippen MR) is 158 cm³/mol. The molecule has 3 rings (SSSR count). The maximum atomic E-state index is 14.0. The van der Waals surface area contributed by atoms with E-state index in [9.17, 15) is 18.0 Å². The summed E-state index contributed by atoms with van der Waals surface area (Å²) in [4.78, 5) is 29.6. The number of rotatable bonds is 12. The van der Waals surface area contributed by atoms with E-state index >= 15 is 0 Å². The van der Waals surface area contributed by atoms with E-state index in [2.05, 4.69) is 5.32 Å². The van der Waals surface area contributed by atoms with Crippen LogP contribution in [0.15, 0.2) is 82.6 Å². The van der Waals surface area contributed by atoms with Crippen LogP contribution in [0.2, 0.25) is 0 Å². The first-order chi connectivity index (χ1) is 18.6. The Morgan fingerprint density at radius 2 is 1.56 bits per heavy atom. The van der Waals surface area contributed by atoms with Crippen LogP contribution in [0.4, 0.5) is 5.69 Å². The van der Waals surface area contributed by atoms with Crippen LogP contribution in [-0.4, -0.2) is 50.5 Å². The second-order valence-electron chi connectivity index (χ2n) is 9.29. The second kappa shape index (κ2) is 13.7. The number of sulfonamides is 1. The molecular weight excluding hydrogens is 530 g/mol. The molecule has 3 aromatic rings. The molecule has 0 heterocycles. The summed E-state index contributed by atoms with van der Waals surface area (Å²) in [5, 5.41) is 2.82. The maximum absolute atomic E-state index is 14.0. The van der Waals surface area contributed by atoms with Gasteiger partial charge in [-0.25, -0.2) is 8.42 Å². The number of hydrogen-bond acceptors (Lipinski definition) is 5. The molecule has 0 radical (unpaired) electrons. The second-order valence-corrected chi connectivity index (χ2v) is 12.0. The lowest BCUT2D eigenvalue weighted by Crippen LogP contribution is -2.52. The van der Waals surface area contributed by atoms with E-state index in [0.29, 0.717) is 18.7 Å². The van der Waals surface area contributed by atoms with Gasteiger partial charge in [0.2, 0.25) is 11.8 Å². The molecule has 208 valence electrons. The summed E-state index contributed by atoms with van der Waals surface area (Å²) >= 11 is 1.52. The van der Waals surface area contributed by atoms with Gasteiger partial charge in [-0.3, -0.25) is 13.9 Å². The van der Waals surface area contributed by atoms with Gasteiger partial charge in [0.15, 0.2) is 0 Å². The van der Waals surface area contributed by atoms with Crippen LogP contribution in [0.1, 0.15) is 37.0 Å². The molecule has 39 heavy (non-hydrogen) atoms. The zero-order chi connectivity index (χ0) is 28.6. The standard InChI is InChI=1S/C30H37N3O4S2/c1-6-28(30(35)31-7-2)32(20-24-11-9-8-10-23(24)4)29(34)21-33(25-14-12-22(3)13-15-25)39(36,37)27-18-16-26(38-5)17-19-27/h8-19,28H,6-7,20-21H2,1-5H3,(H,31,35). The lowest BCUT2D eigenvalue weighted by atomic mass is 10.1. The highest BCUT2D eigenvalue weighted by molar-refractivity contribution is 7.98. The van der Waals surface area contributed by atoms with Crippen LogP contribution in [0.3, 0.4) is 0 Å². The van der Waals surface area contributed by atoms with E-state index in [1.807, 2.05) is 70.3 Å². The largest absolute Gasteiger partial charge is 0.355 e. The van der Waals surface area contributed by atoms with E-state index in [-0.39, 0.29) is 17.3 Å². The summed E-state index contributed by atoms with van der Waals surface area (Å²) < 4.78 is 29.0. The first-order valence-corrected chi connectivity index (χ1v) is 15.6. The molecule has 0 saturated carbocycles. The van der Waals surface area contributed by atoms with E-state index in [4.69, 9.17) is 0 Å². The van der Waals surface area contributed by atoms with Gasteiger partial charge in [-0.05, 0) is 81.0 Å². The number of carbonyl (C=O) groups excluding carboxylic acids is 2. The van der Waals surface area contributed by atoms with Crippen molar-refractivity contribution in [3.05, 3.63) is 89.5 Å². The van der Waals surface area contributed by atoms with Crippen LogP contribution in [0.5, 0.6) is 0 Å². The number of anilines is 1. The van der Waals surface area contributed by atoms with Gasteiger partial charge in [-0.15, -0.1) is 11.8 Å². The Morgan fingerprint density at radius 1 is 0.923 bits per heavy atom. The molecule has 0 aromatic heterocycles. The first kappa shape index (κ1) is 30.2. The average Bonchev–Trinajstić information content (AvgIpc) is 2.93. The van der Waals surface area contributed by atoms with Gasteiger partial charge in [-0.1, -0.05) is 48.9 Å². The molecule has 0 aliphatic rings. The minimum absolute atomic E-state index is 0.0925. The van der Waals surface area contributed by atoms with Crippen molar-refractivity contribution in [3.8, 4) is 0 Å². The number of likely N-dealkylation sites (N-methyl/N-ethyl adjacent to an activating group) is 1. The van der Waals surface area contributed by atoms with Crippen molar-refractivity contribution >= 4 is 39.3 Å². The summed E-state index contributed by atoms with van der Waals surface area (Å²) in [5.74, 6) is -0.722. The van der Waals surface area contributed by atoms with Gasteiger partial charge in [0.25, 0.3) is 10.0 Å². The highest BCUT2D eigenvalue weighted by atomic mass is 32.2. The minimum atomic E-state index is -4.09. The number of nitrogens with one attached hydrogen (secondary N) is 1. The molecule has 0 bridgehead atoms. The number of benzene rings is 3. The van der Waals surface area contributed by atoms with Crippen LogP contribution in [0.25, 0.3) is 0 Å². The molecule has 1 N–H and O–H groups in total. The Labute approximate surface area is 236 Å². The molecule has 0 aliphatic heterocycles. The molecule has 0 aliphatic carbocycles. The molecule has 0 spiro atoms. The van der Waals surface area contributed by atoms with Gasteiger partial charge >= 0.3 is 0 Å². The number of hydrogen-bond donors (Lipinski definition) is 1. The van der Waals surface area contributed by atoms with Crippen LogP contribution >= 0.6 is 11.8 Å². The van der Waals surface area contributed by atoms with Crippen LogP contribution in [0, 0.1) is 13.8 Å². The van der Waals surface area contributed by atoms with Gasteiger partial charge in [0.05, 0.1) is 10.6 Å². The molecule has 7 nitrogen and oxygen atoms in total. The summed E-state index contributed by atoms with van der Waals surface area (Å²) in [6, 6.07) is 20.6. The fourth-order valence-corrected chi connectivity index (χ4v) is 6.12. The Balaban J connectivity index is 2.06. The smallest absolute Gasteiger partial charge is 0.264 e. The normalized spacial score (nSPS) is 12.0. The van der Waals surface area contributed by atoms with Crippen molar-refractivity contribution in [2.75, 3.05) is 23.7 Å². The zero-order valence-electron chi connectivity index (χ0n) is 23.2.